The number of aliphatic carboxylic acids is 1. The summed E-state index contributed by atoms with van der Waals surface area (Å²) in [6.45, 7) is 0. The highest BCUT2D eigenvalue weighted by atomic mass is 16.4. The molecule has 0 aliphatic rings. The van der Waals surface area contributed by atoms with Crippen molar-refractivity contribution in [2.24, 2.45) is 0 Å². The van der Waals surface area contributed by atoms with Crippen LogP contribution in [0.5, 0.6) is 0 Å². The highest BCUT2D eigenvalue weighted by molar-refractivity contribution is 5.74. The molecular formula is C15H18N2O2. The number of aromatic nitrogens is 2. The Bertz CT molecular complexity index is 555. The van der Waals surface area contributed by atoms with Gasteiger partial charge in [0, 0.05) is 23.7 Å². The zero-order valence-corrected chi connectivity index (χ0v) is 10.9. The lowest BCUT2D eigenvalue weighted by molar-refractivity contribution is -0.137. The number of aryl methyl sites for hydroxylation is 1. The third-order valence-electron chi connectivity index (χ3n) is 3.10. The normalized spacial score (nSPS) is 10.7. The van der Waals surface area contributed by atoms with Crippen LogP contribution >= 0.6 is 0 Å². The van der Waals surface area contributed by atoms with Gasteiger partial charge in [-0.05, 0) is 43.5 Å². The molecular weight excluding hydrogens is 240 g/mol. The number of pyridine rings is 2. The van der Waals surface area contributed by atoms with Gasteiger partial charge in [-0.1, -0.05) is 12.8 Å². The fourth-order valence-electron chi connectivity index (χ4n) is 2.07. The maximum atomic E-state index is 10.4. The largest absolute Gasteiger partial charge is 0.481 e. The molecule has 0 unspecified atom stereocenters. The van der Waals surface area contributed by atoms with Crippen molar-refractivity contribution in [2.45, 2.75) is 38.5 Å². The second-order valence-corrected chi connectivity index (χ2v) is 4.66. The van der Waals surface area contributed by atoms with E-state index in [2.05, 4.69) is 16.0 Å². The lowest BCUT2D eigenvalue weighted by Crippen LogP contribution is -1.95. The molecule has 0 aliphatic heterocycles. The summed E-state index contributed by atoms with van der Waals surface area (Å²) in [5.74, 6) is -0.706. The maximum absolute atomic E-state index is 10.4. The van der Waals surface area contributed by atoms with E-state index in [0.717, 1.165) is 48.8 Å². The van der Waals surface area contributed by atoms with Crippen molar-refractivity contribution >= 4 is 17.0 Å². The Morgan fingerprint density at radius 3 is 2.79 bits per heavy atom. The molecule has 19 heavy (non-hydrogen) atoms. The highest BCUT2D eigenvalue weighted by Crippen LogP contribution is 2.12. The Morgan fingerprint density at radius 2 is 1.95 bits per heavy atom. The summed E-state index contributed by atoms with van der Waals surface area (Å²) >= 11 is 0. The van der Waals surface area contributed by atoms with Crippen LogP contribution in [-0.4, -0.2) is 21.0 Å². The molecule has 100 valence electrons. The number of nitrogens with zero attached hydrogens (tertiary/aromatic N) is 2. The van der Waals surface area contributed by atoms with Crippen molar-refractivity contribution in [3.05, 3.63) is 36.2 Å². The van der Waals surface area contributed by atoms with Gasteiger partial charge in [0.1, 0.15) is 0 Å². The summed E-state index contributed by atoms with van der Waals surface area (Å²) in [7, 11) is 0. The lowest BCUT2D eigenvalue weighted by Gasteiger charge is -2.02. The first kappa shape index (κ1) is 13.5. The number of carboxylic acids is 1. The highest BCUT2D eigenvalue weighted by Gasteiger charge is 2.00. The number of carboxylic acid groups (broad SMARTS) is 1. The fraction of sp³-hybridized carbons (Fsp3) is 0.400. The van der Waals surface area contributed by atoms with Gasteiger partial charge in [0.05, 0.1) is 0 Å². The van der Waals surface area contributed by atoms with Gasteiger partial charge in [-0.3, -0.25) is 4.79 Å². The van der Waals surface area contributed by atoms with Gasteiger partial charge < -0.3 is 5.11 Å². The standard InChI is InChI=1S/C15H18N2O2/c18-14(19)8-4-2-1-3-7-13-10-9-12-6-5-11-16-15(12)17-13/h5-6,9-11H,1-4,7-8H2,(H,18,19). The average Bonchev–Trinajstić information content (AvgIpc) is 2.42. The molecule has 4 heteroatoms. The number of rotatable bonds is 7. The quantitative estimate of drug-likeness (QED) is 0.774. The number of unbranched alkanes of at least 4 members (excludes halogenated alkanes) is 3. The third kappa shape index (κ3) is 4.32. The van der Waals surface area contributed by atoms with E-state index in [0.29, 0.717) is 0 Å². The van der Waals surface area contributed by atoms with Gasteiger partial charge in [0.25, 0.3) is 0 Å². The molecule has 0 spiro atoms. The summed E-state index contributed by atoms with van der Waals surface area (Å²) in [6.07, 6.45) is 6.79. The zero-order chi connectivity index (χ0) is 13.5. The predicted octanol–water partition coefficient (Wildman–Crippen LogP) is 3.21. The van der Waals surface area contributed by atoms with Gasteiger partial charge in [0.15, 0.2) is 5.65 Å². The second-order valence-electron chi connectivity index (χ2n) is 4.66. The molecule has 0 bridgehead atoms. The molecule has 0 aliphatic carbocycles. The van der Waals surface area contributed by atoms with Crippen LogP contribution in [-0.2, 0) is 11.2 Å². The zero-order valence-electron chi connectivity index (χ0n) is 10.9. The van der Waals surface area contributed by atoms with E-state index in [-0.39, 0.29) is 6.42 Å². The molecule has 4 nitrogen and oxygen atoms in total. The molecule has 2 rings (SSSR count). The smallest absolute Gasteiger partial charge is 0.303 e. The number of hydrogen-bond donors (Lipinski definition) is 1. The molecule has 1 N–H and O–H groups in total. The van der Waals surface area contributed by atoms with Crippen LogP contribution in [0.15, 0.2) is 30.5 Å². The molecule has 0 saturated heterocycles. The van der Waals surface area contributed by atoms with Crippen LogP contribution in [0.3, 0.4) is 0 Å². The van der Waals surface area contributed by atoms with Crippen molar-refractivity contribution < 1.29 is 9.90 Å². The van der Waals surface area contributed by atoms with Crippen molar-refractivity contribution in [3.8, 4) is 0 Å². The van der Waals surface area contributed by atoms with Crippen molar-refractivity contribution in [3.63, 3.8) is 0 Å². The Morgan fingerprint density at radius 1 is 1.11 bits per heavy atom. The van der Waals surface area contributed by atoms with E-state index in [4.69, 9.17) is 5.11 Å². The molecule has 2 heterocycles. The third-order valence-corrected chi connectivity index (χ3v) is 3.10. The summed E-state index contributed by atoms with van der Waals surface area (Å²) in [5.41, 5.74) is 1.86. The molecule has 0 amide bonds. The van der Waals surface area contributed by atoms with Crippen LogP contribution in [0, 0.1) is 0 Å². The first-order chi connectivity index (χ1) is 9.25. The van der Waals surface area contributed by atoms with Crippen LogP contribution in [0.2, 0.25) is 0 Å². The van der Waals surface area contributed by atoms with E-state index < -0.39 is 5.97 Å². The summed E-state index contributed by atoms with van der Waals surface area (Å²) in [6, 6.07) is 8.01. The minimum absolute atomic E-state index is 0.276. The number of carbonyl (C=O) groups is 1. The van der Waals surface area contributed by atoms with Crippen LogP contribution in [0.25, 0.3) is 11.0 Å². The molecule has 2 aromatic rings. The molecule has 0 atom stereocenters. The predicted molar refractivity (Wildman–Crippen MR) is 74.0 cm³/mol. The fourth-order valence-corrected chi connectivity index (χ4v) is 2.07. The average molecular weight is 258 g/mol. The van der Waals surface area contributed by atoms with E-state index in [1.165, 1.54) is 0 Å². The monoisotopic (exact) mass is 258 g/mol. The van der Waals surface area contributed by atoms with Gasteiger partial charge in [0.2, 0.25) is 0 Å². The van der Waals surface area contributed by atoms with Crippen LogP contribution in [0.1, 0.15) is 37.8 Å². The summed E-state index contributed by atoms with van der Waals surface area (Å²) < 4.78 is 0. The van der Waals surface area contributed by atoms with Crippen molar-refractivity contribution in [1.29, 1.82) is 0 Å². The van der Waals surface area contributed by atoms with Gasteiger partial charge in [-0.15, -0.1) is 0 Å². The SMILES string of the molecule is O=C(O)CCCCCCc1ccc2cccnc2n1. The number of fused-ring (bicyclic) bond motifs is 1. The van der Waals surface area contributed by atoms with Gasteiger partial charge in [-0.25, -0.2) is 9.97 Å². The van der Waals surface area contributed by atoms with E-state index in [1.807, 2.05) is 18.2 Å². The molecule has 0 aromatic carbocycles. The Hall–Kier alpha value is -1.97. The molecule has 0 saturated carbocycles. The summed E-state index contributed by atoms with van der Waals surface area (Å²) in [5, 5.41) is 9.59. The summed E-state index contributed by atoms with van der Waals surface area (Å²) in [4.78, 5) is 19.1. The maximum Gasteiger partial charge on any atom is 0.303 e. The Kier molecular flexibility index (Phi) is 4.84. The van der Waals surface area contributed by atoms with E-state index >= 15 is 0 Å². The van der Waals surface area contributed by atoms with Gasteiger partial charge >= 0.3 is 5.97 Å². The topological polar surface area (TPSA) is 63.1 Å². The first-order valence-electron chi connectivity index (χ1n) is 6.68. The van der Waals surface area contributed by atoms with Crippen LogP contribution in [0.4, 0.5) is 0 Å². The van der Waals surface area contributed by atoms with Crippen molar-refractivity contribution in [1.82, 2.24) is 9.97 Å². The van der Waals surface area contributed by atoms with Gasteiger partial charge in [-0.2, -0.15) is 0 Å². The Balaban J connectivity index is 1.77. The molecule has 2 aromatic heterocycles. The minimum Gasteiger partial charge on any atom is -0.481 e. The minimum atomic E-state index is -0.706. The van der Waals surface area contributed by atoms with Crippen LogP contribution < -0.4 is 0 Å². The molecule has 0 radical (unpaired) electrons. The second kappa shape index (κ2) is 6.83. The Labute approximate surface area is 112 Å². The van der Waals surface area contributed by atoms with E-state index in [1.54, 1.807) is 6.20 Å². The lowest BCUT2D eigenvalue weighted by atomic mass is 10.1. The van der Waals surface area contributed by atoms with Crippen molar-refractivity contribution in [2.75, 3.05) is 0 Å². The van der Waals surface area contributed by atoms with E-state index in [9.17, 15) is 4.79 Å². The molecule has 0 fully saturated rings. The number of hydrogen-bond acceptors (Lipinski definition) is 3. The first-order valence-corrected chi connectivity index (χ1v) is 6.68.